The summed E-state index contributed by atoms with van der Waals surface area (Å²) < 4.78 is 5.42. The maximum Gasteiger partial charge on any atom is 0.272 e. The molecule has 2 N–H and O–H groups in total. The van der Waals surface area contributed by atoms with Gasteiger partial charge in [-0.3, -0.25) is 14.7 Å². The van der Waals surface area contributed by atoms with E-state index in [9.17, 15) is 9.59 Å². The molecule has 1 aliphatic heterocycles. The van der Waals surface area contributed by atoms with E-state index in [1.165, 1.54) is 0 Å². The third-order valence-electron chi connectivity index (χ3n) is 4.36. The van der Waals surface area contributed by atoms with Gasteiger partial charge in [-0.05, 0) is 31.2 Å². The molecule has 132 valence electrons. The van der Waals surface area contributed by atoms with Crippen molar-refractivity contribution in [3.05, 3.63) is 53.7 Å². The molecule has 0 saturated heterocycles. The van der Waals surface area contributed by atoms with Gasteiger partial charge in [-0.25, -0.2) is 0 Å². The van der Waals surface area contributed by atoms with E-state index in [4.69, 9.17) is 4.74 Å². The van der Waals surface area contributed by atoms with Crippen LogP contribution in [0.1, 0.15) is 16.1 Å². The Morgan fingerprint density at radius 3 is 3.04 bits per heavy atom. The predicted molar refractivity (Wildman–Crippen MR) is 97.5 cm³/mol. The topological polar surface area (TPSA) is 87.3 Å². The van der Waals surface area contributed by atoms with Crippen LogP contribution in [0.25, 0.3) is 10.9 Å². The molecule has 7 heteroatoms. The number of rotatable bonds is 4. The van der Waals surface area contributed by atoms with E-state index in [2.05, 4.69) is 15.5 Å². The van der Waals surface area contributed by atoms with Crippen LogP contribution in [0.15, 0.2) is 42.5 Å². The van der Waals surface area contributed by atoms with E-state index in [1.807, 2.05) is 49.4 Å². The van der Waals surface area contributed by atoms with E-state index in [0.717, 1.165) is 22.2 Å². The minimum Gasteiger partial charge on any atom is -0.482 e. The molecule has 0 unspecified atom stereocenters. The smallest absolute Gasteiger partial charge is 0.272 e. The van der Waals surface area contributed by atoms with Gasteiger partial charge in [-0.1, -0.05) is 23.8 Å². The van der Waals surface area contributed by atoms with Gasteiger partial charge < -0.3 is 15.0 Å². The lowest BCUT2D eigenvalue weighted by Crippen LogP contribution is -2.43. The highest BCUT2D eigenvalue weighted by Gasteiger charge is 2.25. The highest BCUT2D eigenvalue weighted by molar-refractivity contribution is 6.05. The quantitative estimate of drug-likeness (QED) is 0.754. The minimum absolute atomic E-state index is 0.00817. The van der Waals surface area contributed by atoms with Crippen LogP contribution in [0.2, 0.25) is 0 Å². The number of aryl methyl sites for hydroxylation is 1. The first-order valence-corrected chi connectivity index (χ1v) is 8.38. The second-order valence-corrected chi connectivity index (χ2v) is 6.18. The fraction of sp³-hybridized carbons (Fsp3) is 0.211. The first kappa shape index (κ1) is 16.1. The first-order chi connectivity index (χ1) is 12.6. The van der Waals surface area contributed by atoms with E-state index in [-0.39, 0.29) is 18.4 Å². The normalized spacial score (nSPS) is 13.4. The molecule has 0 bridgehead atoms. The maximum atomic E-state index is 12.5. The number of aromatic amines is 1. The van der Waals surface area contributed by atoms with Crippen molar-refractivity contribution in [1.29, 1.82) is 0 Å². The van der Waals surface area contributed by atoms with Gasteiger partial charge in [0.05, 0.1) is 11.2 Å². The molecule has 2 heterocycles. The maximum absolute atomic E-state index is 12.5. The number of anilines is 1. The van der Waals surface area contributed by atoms with Crippen molar-refractivity contribution in [2.45, 2.75) is 6.92 Å². The summed E-state index contributed by atoms with van der Waals surface area (Å²) in [6.07, 6.45) is 0. The van der Waals surface area contributed by atoms with Crippen molar-refractivity contribution in [3.63, 3.8) is 0 Å². The Labute approximate surface area is 149 Å². The Balaban J connectivity index is 1.45. The first-order valence-electron chi connectivity index (χ1n) is 8.38. The van der Waals surface area contributed by atoms with Crippen LogP contribution in [0.4, 0.5) is 5.69 Å². The molecular weight excluding hydrogens is 332 g/mol. The van der Waals surface area contributed by atoms with Crippen molar-refractivity contribution in [2.24, 2.45) is 0 Å². The van der Waals surface area contributed by atoms with Crippen molar-refractivity contribution in [3.8, 4) is 5.75 Å². The third kappa shape index (κ3) is 2.88. The zero-order chi connectivity index (χ0) is 18.1. The molecule has 7 nitrogen and oxygen atoms in total. The molecule has 0 aliphatic carbocycles. The standard InChI is InChI=1S/C19H18N4O3/c1-12-6-7-14-13(10-12)18(22-21-14)19(25)20-8-9-23-15-4-2-3-5-16(15)26-11-17(23)24/h2-7,10H,8-9,11H2,1H3,(H,20,25)(H,21,22). The summed E-state index contributed by atoms with van der Waals surface area (Å²) in [5.41, 5.74) is 2.96. The second kappa shape index (κ2) is 6.51. The number of hydrogen-bond acceptors (Lipinski definition) is 4. The number of nitrogens with one attached hydrogen (secondary N) is 2. The number of para-hydroxylation sites is 2. The van der Waals surface area contributed by atoms with Gasteiger partial charge in [0, 0.05) is 18.5 Å². The van der Waals surface area contributed by atoms with E-state index in [0.29, 0.717) is 24.5 Å². The summed E-state index contributed by atoms with van der Waals surface area (Å²) in [6.45, 7) is 2.66. The number of ether oxygens (including phenoxy) is 1. The molecule has 26 heavy (non-hydrogen) atoms. The van der Waals surface area contributed by atoms with Crippen LogP contribution in [0.3, 0.4) is 0 Å². The molecule has 0 radical (unpaired) electrons. The number of carbonyl (C=O) groups excluding carboxylic acids is 2. The SMILES string of the molecule is Cc1ccc2[nH]nc(C(=O)NCCN3C(=O)COc4ccccc43)c2c1. The lowest BCUT2D eigenvalue weighted by atomic mass is 10.1. The van der Waals surface area contributed by atoms with Crippen LogP contribution < -0.4 is 15.0 Å². The highest BCUT2D eigenvalue weighted by atomic mass is 16.5. The number of H-pyrrole nitrogens is 1. The van der Waals surface area contributed by atoms with E-state index >= 15 is 0 Å². The fourth-order valence-corrected chi connectivity index (χ4v) is 3.07. The van der Waals surface area contributed by atoms with E-state index in [1.54, 1.807) is 4.90 Å². The van der Waals surface area contributed by atoms with E-state index < -0.39 is 0 Å². The molecule has 0 atom stereocenters. The number of hydrogen-bond donors (Lipinski definition) is 2. The summed E-state index contributed by atoms with van der Waals surface area (Å²) >= 11 is 0. The molecule has 0 spiro atoms. The number of nitrogens with zero attached hydrogens (tertiary/aromatic N) is 2. The van der Waals surface area contributed by atoms with Gasteiger partial charge in [-0.15, -0.1) is 0 Å². The largest absolute Gasteiger partial charge is 0.482 e. The second-order valence-electron chi connectivity index (χ2n) is 6.18. The number of benzene rings is 2. The van der Waals surface area contributed by atoms with Crippen LogP contribution in [-0.2, 0) is 4.79 Å². The summed E-state index contributed by atoms with van der Waals surface area (Å²) in [6, 6.07) is 13.2. The molecule has 4 rings (SSSR count). The molecule has 0 saturated carbocycles. The van der Waals surface area contributed by atoms with Gasteiger partial charge >= 0.3 is 0 Å². The number of carbonyl (C=O) groups is 2. The third-order valence-corrected chi connectivity index (χ3v) is 4.36. The average Bonchev–Trinajstić information content (AvgIpc) is 3.06. The fourth-order valence-electron chi connectivity index (χ4n) is 3.07. The Hall–Kier alpha value is -3.35. The molecule has 2 aromatic carbocycles. The lowest BCUT2D eigenvalue weighted by Gasteiger charge is -2.29. The summed E-state index contributed by atoms with van der Waals surface area (Å²) in [4.78, 5) is 26.3. The Morgan fingerprint density at radius 1 is 1.31 bits per heavy atom. The predicted octanol–water partition coefficient (Wildman–Crippen LogP) is 2.03. The van der Waals surface area contributed by atoms with Crippen LogP contribution in [0, 0.1) is 6.92 Å². The number of aromatic nitrogens is 2. The molecular formula is C19H18N4O3. The van der Waals surface area contributed by atoms with Gasteiger partial charge in [0.15, 0.2) is 12.3 Å². The summed E-state index contributed by atoms with van der Waals surface area (Å²) in [5.74, 6) is 0.279. The highest BCUT2D eigenvalue weighted by Crippen LogP contribution is 2.31. The van der Waals surface area contributed by atoms with Crippen molar-refractivity contribution in [1.82, 2.24) is 15.5 Å². The van der Waals surface area contributed by atoms with Crippen LogP contribution >= 0.6 is 0 Å². The molecule has 1 aromatic heterocycles. The van der Waals surface area contributed by atoms with Crippen molar-refractivity contribution >= 4 is 28.4 Å². The Kier molecular flexibility index (Phi) is 4.04. The van der Waals surface area contributed by atoms with Crippen LogP contribution in [-0.4, -0.2) is 41.7 Å². The lowest BCUT2D eigenvalue weighted by molar-refractivity contribution is -0.121. The monoisotopic (exact) mass is 350 g/mol. The zero-order valence-corrected chi connectivity index (χ0v) is 14.3. The Bertz CT molecular complexity index is 995. The summed E-state index contributed by atoms with van der Waals surface area (Å²) in [7, 11) is 0. The molecule has 0 fully saturated rings. The Morgan fingerprint density at radius 2 is 2.15 bits per heavy atom. The zero-order valence-electron chi connectivity index (χ0n) is 14.3. The van der Waals surface area contributed by atoms with Crippen LogP contribution in [0.5, 0.6) is 5.75 Å². The molecule has 3 aromatic rings. The van der Waals surface area contributed by atoms with Gasteiger partial charge in [-0.2, -0.15) is 5.10 Å². The molecule has 1 aliphatic rings. The minimum atomic E-state index is -0.268. The van der Waals surface area contributed by atoms with Gasteiger partial charge in [0.2, 0.25) is 0 Å². The summed E-state index contributed by atoms with van der Waals surface area (Å²) in [5, 5.41) is 10.6. The van der Waals surface area contributed by atoms with Gasteiger partial charge in [0.1, 0.15) is 5.75 Å². The average molecular weight is 350 g/mol. The van der Waals surface area contributed by atoms with Gasteiger partial charge in [0.25, 0.3) is 11.8 Å². The number of fused-ring (bicyclic) bond motifs is 2. The van der Waals surface area contributed by atoms with Crippen molar-refractivity contribution < 1.29 is 14.3 Å². The number of amides is 2. The molecule has 2 amide bonds. The van der Waals surface area contributed by atoms with Crippen molar-refractivity contribution in [2.75, 3.05) is 24.6 Å².